The molecule has 122 valence electrons. The summed E-state index contributed by atoms with van der Waals surface area (Å²) in [7, 11) is 0. The number of carbonyl (C=O) groups excluding carboxylic acids is 1. The lowest BCUT2D eigenvalue weighted by Crippen LogP contribution is -2.44. The van der Waals surface area contributed by atoms with Crippen LogP contribution in [0.2, 0.25) is 0 Å². The minimum atomic E-state index is 0.211. The largest absolute Gasteiger partial charge is 0.335 e. The summed E-state index contributed by atoms with van der Waals surface area (Å²) >= 11 is 1.70. The molecule has 4 rings (SSSR count). The van der Waals surface area contributed by atoms with Crippen LogP contribution in [0.5, 0.6) is 0 Å². The molecule has 7 heteroatoms. The Hall–Kier alpha value is -1.73. The molecule has 2 atom stereocenters. The number of carbonyl (C=O) groups is 1. The van der Waals surface area contributed by atoms with Crippen LogP contribution in [0.3, 0.4) is 0 Å². The van der Waals surface area contributed by atoms with E-state index in [1.54, 1.807) is 17.7 Å². The van der Waals surface area contributed by atoms with Gasteiger partial charge in [0.15, 0.2) is 0 Å². The molecule has 0 aliphatic carbocycles. The molecule has 0 bridgehead atoms. The molecular weight excluding hydrogens is 310 g/mol. The highest BCUT2D eigenvalue weighted by atomic mass is 32.1. The van der Waals surface area contributed by atoms with E-state index in [1.807, 2.05) is 9.58 Å². The van der Waals surface area contributed by atoms with Crippen LogP contribution >= 0.6 is 11.3 Å². The second-order valence-corrected chi connectivity index (χ2v) is 7.06. The van der Waals surface area contributed by atoms with Gasteiger partial charge in [-0.2, -0.15) is 16.4 Å². The Balaban J connectivity index is 1.33. The summed E-state index contributed by atoms with van der Waals surface area (Å²) in [6.45, 7) is 2.09. The Morgan fingerprint density at radius 3 is 3.26 bits per heavy atom. The molecular formula is C16H21N5OS. The van der Waals surface area contributed by atoms with E-state index in [4.69, 9.17) is 0 Å². The van der Waals surface area contributed by atoms with E-state index in [0.29, 0.717) is 12.6 Å². The molecule has 0 aromatic carbocycles. The van der Waals surface area contributed by atoms with E-state index in [9.17, 15) is 4.79 Å². The number of rotatable bonds is 4. The van der Waals surface area contributed by atoms with Crippen LogP contribution in [0.4, 0.5) is 0 Å². The molecule has 0 saturated carbocycles. The molecule has 0 unspecified atom stereocenters. The summed E-state index contributed by atoms with van der Waals surface area (Å²) in [5.74, 6) is 1.26. The van der Waals surface area contributed by atoms with E-state index >= 15 is 0 Å². The van der Waals surface area contributed by atoms with Gasteiger partial charge in [0.05, 0.1) is 19.1 Å². The van der Waals surface area contributed by atoms with Gasteiger partial charge in [-0.25, -0.2) is 9.67 Å². The number of thiophene rings is 1. The van der Waals surface area contributed by atoms with Crippen molar-refractivity contribution in [2.24, 2.45) is 0 Å². The van der Waals surface area contributed by atoms with Gasteiger partial charge >= 0.3 is 0 Å². The lowest BCUT2D eigenvalue weighted by Gasteiger charge is -2.27. The van der Waals surface area contributed by atoms with Crippen LogP contribution in [0, 0.1) is 0 Å². The van der Waals surface area contributed by atoms with Crippen molar-refractivity contribution in [2.75, 3.05) is 13.1 Å². The van der Waals surface area contributed by atoms with E-state index in [-0.39, 0.29) is 11.9 Å². The molecule has 6 nitrogen and oxygen atoms in total. The number of likely N-dealkylation sites (tertiary alicyclic amines) is 1. The Bertz CT molecular complexity index is 668. The summed E-state index contributed by atoms with van der Waals surface area (Å²) in [6, 6.07) is 2.71. The van der Waals surface area contributed by atoms with Crippen molar-refractivity contribution in [2.45, 2.75) is 44.3 Å². The van der Waals surface area contributed by atoms with Gasteiger partial charge in [-0.3, -0.25) is 4.79 Å². The van der Waals surface area contributed by atoms with Gasteiger partial charge < -0.3 is 10.2 Å². The van der Waals surface area contributed by atoms with Gasteiger partial charge in [-0.1, -0.05) is 0 Å². The normalized spacial score (nSPS) is 23.9. The highest BCUT2D eigenvalue weighted by Gasteiger charge is 2.30. The maximum Gasteiger partial charge on any atom is 0.237 e. The third kappa shape index (κ3) is 3.03. The monoisotopic (exact) mass is 331 g/mol. The fraction of sp³-hybridized carbons (Fsp3) is 0.562. The smallest absolute Gasteiger partial charge is 0.237 e. The summed E-state index contributed by atoms with van der Waals surface area (Å²) in [5.41, 5.74) is 1.28. The number of hydrogen-bond acceptors (Lipinski definition) is 5. The second-order valence-electron chi connectivity index (χ2n) is 6.28. The quantitative estimate of drug-likeness (QED) is 0.924. The maximum absolute atomic E-state index is 12.6. The highest BCUT2D eigenvalue weighted by Crippen LogP contribution is 2.32. The lowest BCUT2D eigenvalue weighted by atomic mass is 10.1. The van der Waals surface area contributed by atoms with E-state index in [0.717, 1.165) is 44.6 Å². The van der Waals surface area contributed by atoms with E-state index in [2.05, 4.69) is 32.2 Å². The molecule has 0 radical (unpaired) electrons. The molecule has 2 aromatic rings. The third-order valence-electron chi connectivity index (χ3n) is 4.85. The number of fused-ring (bicyclic) bond motifs is 1. The van der Waals surface area contributed by atoms with Gasteiger partial charge in [-0.15, -0.1) is 0 Å². The average molecular weight is 331 g/mol. The van der Waals surface area contributed by atoms with Gasteiger partial charge in [0, 0.05) is 19.0 Å². The van der Waals surface area contributed by atoms with Crippen LogP contribution in [0.25, 0.3) is 0 Å². The minimum Gasteiger partial charge on any atom is -0.335 e. The topological polar surface area (TPSA) is 63.1 Å². The predicted molar refractivity (Wildman–Crippen MR) is 88.1 cm³/mol. The Kier molecular flexibility index (Phi) is 4.13. The number of nitrogens with one attached hydrogen (secondary N) is 1. The van der Waals surface area contributed by atoms with Crippen molar-refractivity contribution >= 4 is 17.2 Å². The first-order valence-corrected chi connectivity index (χ1v) is 9.17. The van der Waals surface area contributed by atoms with Gasteiger partial charge in [0.1, 0.15) is 12.2 Å². The van der Waals surface area contributed by atoms with Crippen molar-refractivity contribution in [1.29, 1.82) is 0 Å². The van der Waals surface area contributed by atoms with Crippen LogP contribution in [0.1, 0.15) is 36.7 Å². The van der Waals surface area contributed by atoms with E-state index in [1.165, 1.54) is 5.56 Å². The van der Waals surface area contributed by atoms with Crippen molar-refractivity contribution in [1.82, 2.24) is 25.0 Å². The lowest BCUT2D eigenvalue weighted by molar-refractivity contribution is -0.131. The fourth-order valence-electron chi connectivity index (χ4n) is 3.61. The fourth-order valence-corrected chi connectivity index (χ4v) is 4.32. The maximum atomic E-state index is 12.6. The second kappa shape index (κ2) is 6.41. The van der Waals surface area contributed by atoms with Gasteiger partial charge in [0.2, 0.25) is 5.91 Å². The molecule has 2 aliphatic rings. The molecule has 4 heterocycles. The summed E-state index contributed by atoms with van der Waals surface area (Å²) in [6.07, 6.45) is 5.72. The van der Waals surface area contributed by atoms with Crippen molar-refractivity contribution < 1.29 is 4.79 Å². The van der Waals surface area contributed by atoms with Gasteiger partial charge in [-0.05, 0) is 41.7 Å². The van der Waals surface area contributed by atoms with Crippen molar-refractivity contribution in [3.63, 3.8) is 0 Å². The Morgan fingerprint density at radius 1 is 1.43 bits per heavy atom. The number of nitrogens with zero attached hydrogens (tertiary/aromatic N) is 4. The van der Waals surface area contributed by atoms with Crippen LogP contribution in [-0.4, -0.2) is 44.7 Å². The molecule has 1 saturated heterocycles. The Labute approximate surface area is 139 Å². The SMILES string of the molecule is O=C(CN[C@H]1CCc2ncnn2C1)N1CCC[C@H]1c1ccsc1. The van der Waals surface area contributed by atoms with Crippen molar-refractivity contribution in [3.05, 3.63) is 34.5 Å². The van der Waals surface area contributed by atoms with Gasteiger partial charge in [0.25, 0.3) is 0 Å². The molecule has 2 aromatic heterocycles. The molecule has 23 heavy (non-hydrogen) atoms. The van der Waals surface area contributed by atoms with Crippen LogP contribution in [0.15, 0.2) is 23.2 Å². The first-order valence-electron chi connectivity index (χ1n) is 8.23. The average Bonchev–Trinajstić information content (AvgIpc) is 3.32. The molecule has 0 spiro atoms. The standard InChI is InChI=1S/C16H21N5OS/c22-16(20-6-1-2-14(20)12-5-7-23-10-12)8-17-13-3-4-15-18-11-19-21(15)9-13/h5,7,10-11,13-14,17H,1-4,6,8-9H2/t13-,14-/m0/s1. The molecule has 1 amide bonds. The van der Waals surface area contributed by atoms with Crippen molar-refractivity contribution in [3.8, 4) is 0 Å². The van der Waals surface area contributed by atoms with Crippen LogP contribution < -0.4 is 5.32 Å². The predicted octanol–water partition coefficient (Wildman–Crippen LogP) is 1.61. The summed E-state index contributed by atoms with van der Waals surface area (Å²) in [4.78, 5) is 18.9. The number of aryl methyl sites for hydroxylation is 1. The Morgan fingerprint density at radius 2 is 2.39 bits per heavy atom. The van der Waals surface area contributed by atoms with E-state index < -0.39 is 0 Å². The number of hydrogen-bond donors (Lipinski definition) is 1. The minimum absolute atomic E-state index is 0.211. The first kappa shape index (κ1) is 14.8. The highest BCUT2D eigenvalue weighted by molar-refractivity contribution is 7.07. The molecule has 2 aliphatic heterocycles. The first-order chi connectivity index (χ1) is 11.3. The zero-order valence-electron chi connectivity index (χ0n) is 13.0. The number of amides is 1. The third-order valence-corrected chi connectivity index (χ3v) is 5.55. The summed E-state index contributed by atoms with van der Waals surface area (Å²) in [5, 5.41) is 11.9. The summed E-state index contributed by atoms with van der Waals surface area (Å²) < 4.78 is 1.94. The molecule has 1 fully saturated rings. The zero-order valence-corrected chi connectivity index (χ0v) is 13.8. The zero-order chi connectivity index (χ0) is 15.6. The molecule has 1 N–H and O–H groups in total. The number of aromatic nitrogens is 3. The van der Waals surface area contributed by atoms with Crippen LogP contribution in [-0.2, 0) is 17.8 Å².